The van der Waals surface area contributed by atoms with Crippen LogP contribution in [0.15, 0.2) is 21.7 Å². The Kier molecular flexibility index (Phi) is 7.73. The molecule has 1 amide bonds. The average molecular weight is 392 g/mol. The highest BCUT2D eigenvalue weighted by molar-refractivity contribution is 5.92. The van der Waals surface area contributed by atoms with Crippen molar-refractivity contribution in [2.75, 3.05) is 66.1 Å². The zero-order chi connectivity index (χ0) is 19.8. The average Bonchev–Trinajstić information content (AvgIpc) is 3.34. The molecule has 2 saturated heterocycles. The second-order valence-corrected chi connectivity index (χ2v) is 7.53. The predicted octanol–water partition coefficient (Wildman–Crippen LogP) is 0.937. The lowest BCUT2D eigenvalue weighted by Gasteiger charge is -2.29. The Morgan fingerprint density at radius 1 is 1.25 bits per heavy atom. The van der Waals surface area contributed by atoms with Crippen LogP contribution in [0, 0.1) is 12.8 Å². The summed E-state index contributed by atoms with van der Waals surface area (Å²) >= 11 is 0. The van der Waals surface area contributed by atoms with Gasteiger partial charge in [0.2, 0.25) is 0 Å². The highest BCUT2D eigenvalue weighted by Crippen LogP contribution is 2.18. The number of morpholine rings is 1. The fourth-order valence-electron chi connectivity index (χ4n) is 3.83. The Balaban J connectivity index is 1.32. The maximum atomic E-state index is 12.0. The van der Waals surface area contributed by atoms with Crippen molar-refractivity contribution in [1.82, 2.24) is 20.4 Å². The van der Waals surface area contributed by atoms with Gasteiger partial charge in [0.15, 0.2) is 11.7 Å². The van der Waals surface area contributed by atoms with Gasteiger partial charge in [-0.3, -0.25) is 14.7 Å². The molecule has 1 aromatic heterocycles. The zero-order valence-electron chi connectivity index (χ0n) is 17.1. The van der Waals surface area contributed by atoms with Crippen molar-refractivity contribution in [2.45, 2.75) is 19.8 Å². The third kappa shape index (κ3) is 5.72. The van der Waals surface area contributed by atoms with E-state index in [2.05, 4.69) is 25.4 Å². The van der Waals surface area contributed by atoms with Crippen LogP contribution in [0.5, 0.6) is 0 Å². The van der Waals surface area contributed by atoms with Crippen molar-refractivity contribution in [3.05, 3.63) is 23.7 Å². The Morgan fingerprint density at radius 3 is 2.75 bits per heavy atom. The molecule has 1 atom stereocenters. The number of carbonyl (C=O) groups excluding carboxylic acids is 1. The minimum atomic E-state index is -0.155. The van der Waals surface area contributed by atoms with Gasteiger partial charge in [-0.2, -0.15) is 0 Å². The van der Waals surface area contributed by atoms with E-state index in [1.807, 2.05) is 14.0 Å². The summed E-state index contributed by atoms with van der Waals surface area (Å²) in [6, 6.07) is 1.79. The highest BCUT2D eigenvalue weighted by atomic mass is 16.5. The van der Waals surface area contributed by atoms with Crippen molar-refractivity contribution >= 4 is 11.9 Å². The molecule has 0 saturated carbocycles. The summed E-state index contributed by atoms with van der Waals surface area (Å²) in [7, 11) is 1.83. The Hall–Kier alpha value is -2.06. The lowest BCUT2D eigenvalue weighted by Crippen LogP contribution is -2.43. The van der Waals surface area contributed by atoms with E-state index in [-0.39, 0.29) is 5.91 Å². The standard InChI is InChI=1S/C20H33N5O3/c1-16-5-11-28-18(16)19(26)22-6-3-7-23-20(21-2)25-8-4-17(15-25)14-24-9-12-27-13-10-24/h5,11,17H,3-4,6-10,12-15H2,1-2H3,(H,21,23)(H,22,26). The molecule has 8 heteroatoms. The van der Waals surface area contributed by atoms with Crippen molar-refractivity contribution in [2.24, 2.45) is 10.9 Å². The molecule has 2 aliphatic rings. The predicted molar refractivity (Wildman–Crippen MR) is 109 cm³/mol. The number of hydrogen-bond donors (Lipinski definition) is 2. The number of rotatable bonds is 7. The van der Waals surface area contributed by atoms with Gasteiger partial charge in [0, 0.05) is 58.4 Å². The number of hydrogen-bond acceptors (Lipinski definition) is 5. The van der Waals surface area contributed by atoms with E-state index in [0.29, 0.717) is 18.2 Å². The number of likely N-dealkylation sites (tertiary alicyclic amines) is 1. The van der Waals surface area contributed by atoms with Crippen molar-refractivity contribution in [3.63, 3.8) is 0 Å². The summed E-state index contributed by atoms with van der Waals surface area (Å²) in [6.45, 7) is 10.3. The molecule has 156 valence electrons. The van der Waals surface area contributed by atoms with E-state index in [1.165, 1.54) is 12.7 Å². The summed E-state index contributed by atoms with van der Waals surface area (Å²) < 4.78 is 10.6. The first-order chi connectivity index (χ1) is 13.7. The maximum Gasteiger partial charge on any atom is 0.287 e. The number of nitrogens with one attached hydrogen (secondary N) is 2. The molecule has 8 nitrogen and oxygen atoms in total. The molecule has 2 fully saturated rings. The molecule has 2 N–H and O–H groups in total. The summed E-state index contributed by atoms with van der Waals surface area (Å²) in [5, 5.41) is 6.32. The molecular formula is C20H33N5O3. The molecule has 1 unspecified atom stereocenters. The molecule has 3 rings (SSSR count). The quantitative estimate of drug-likeness (QED) is 0.409. The number of ether oxygens (including phenoxy) is 1. The molecule has 2 aliphatic heterocycles. The van der Waals surface area contributed by atoms with Gasteiger partial charge in [0.05, 0.1) is 19.5 Å². The Labute approximate surface area is 167 Å². The molecule has 0 spiro atoms. The number of amides is 1. The lowest BCUT2D eigenvalue weighted by atomic mass is 10.1. The van der Waals surface area contributed by atoms with E-state index in [1.54, 1.807) is 6.07 Å². The highest BCUT2D eigenvalue weighted by Gasteiger charge is 2.26. The second-order valence-electron chi connectivity index (χ2n) is 7.53. The number of nitrogens with zero attached hydrogens (tertiary/aromatic N) is 3. The van der Waals surface area contributed by atoms with Crippen LogP contribution in [0.3, 0.4) is 0 Å². The molecule has 0 radical (unpaired) electrons. The van der Waals surface area contributed by atoms with Crippen LogP contribution in [-0.2, 0) is 4.74 Å². The number of aliphatic imine (C=N–C) groups is 1. The lowest BCUT2D eigenvalue weighted by molar-refractivity contribution is 0.0315. The van der Waals surface area contributed by atoms with Crippen molar-refractivity contribution in [1.29, 1.82) is 0 Å². The van der Waals surface area contributed by atoms with Crippen LogP contribution in [0.1, 0.15) is 29.0 Å². The fraction of sp³-hybridized carbons (Fsp3) is 0.700. The van der Waals surface area contributed by atoms with Crippen LogP contribution >= 0.6 is 0 Å². The molecule has 28 heavy (non-hydrogen) atoms. The topological polar surface area (TPSA) is 82.3 Å². The number of carbonyl (C=O) groups is 1. The van der Waals surface area contributed by atoms with Crippen LogP contribution in [0.25, 0.3) is 0 Å². The number of aryl methyl sites for hydroxylation is 1. The zero-order valence-corrected chi connectivity index (χ0v) is 17.1. The van der Waals surface area contributed by atoms with Crippen LogP contribution in [0.2, 0.25) is 0 Å². The SMILES string of the molecule is CN=C(NCCCNC(=O)c1occc1C)N1CCC(CN2CCOCC2)C1. The van der Waals surface area contributed by atoms with Gasteiger partial charge in [0.1, 0.15) is 0 Å². The molecule has 1 aromatic rings. The van der Waals surface area contributed by atoms with Gasteiger partial charge in [0.25, 0.3) is 5.91 Å². The van der Waals surface area contributed by atoms with E-state index in [9.17, 15) is 4.79 Å². The first-order valence-electron chi connectivity index (χ1n) is 10.3. The van der Waals surface area contributed by atoms with Crippen molar-refractivity contribution < 1.29 is 13.9 Å². The van der Waals surface area contributed by atoms with Gasteiger partial charge < -0.3 is 24.7 Å². The van der Waals surface area contributed by atoms with Gasteiger partial charge in [-0.05, 0) is 31.7 Å². The van der Waals surface area contributed by atoms with Crippen LogP contribution in [-0.4, -0.2) is 87.7 Å². The molecule has 0 aliphatic carbocycles. The first kappa shape index (κ1) is 20.7. The van der Waals surface area contributed by atoms with Crippen molar-refractivity contribution in [3.8, 4) is 0 Å². The van der Waals surface area contributed by atoms with Crippen LogP contribution < -0.4 is 10.6 Å². The van der Waals surface area contributed by atoms with Crippen LogP contribution in [0.4, 0.5) is 0 Å². The normalized spacial score (nSPS) is 21.1. The summed E-state index contributed by atoms with van der Waals surface area (Å²) in [5.41, 5.74) is 0.858. The minimum Gasteiger partial charge on any atom is -0.459 e. The van der Waals surface area contributed by atoms with E-state index in [4.69, 9.17) is 9.15 Å². The summed E-state index contributed by atoms with van der Waals surface area (Å²) in [6.07, 6.45) is 3.57. The smallest absolute Gasteiger partial charge is 0.287 e. The van der Waals surface area contributed by atoms with Gasteiger partial charge in [-0.15, -0.1) is 0 Å². The van der Waals surface area contributed by atoms with E-state index >= 15 is 0 Å². The molecule has 0 aromatic carbocycles. The molecular weight excluding hydrogens is 358 g/mol. The number of furan rings is 1. The van der Waals surface area contributed by atoms with Gasteiger partial charge in [-0.25, -0.2) is 0 Å². The monoisotopic (exact) mass is 391 g/mol. The Bertz CT molecular complexity index is 654. The van der Waals surface area contributed by atoms with E-state index in [0.717, 1.165) is 70.4 Å². The van der Waals surface area contributed by atoms with E-state index < -0.39 is 0 Å². The second kappa shape index (κ2) is 10.5. The number of guanidine groups is 1. The third-order valence-electron chi connectivity index (χ3n) is 5.41. The summed E-state index contributed by atoms with van der Waals surface area (Å²) in [4.78, 5) is 21.3. The first-order valence-corrected chi connectivity index (χ1v) is 10.3. The minimum absolute atomic E-state index is 0.155. The largest absolute Gasteiger partial charge is 0.459 e. The van der Waals surface area contributed by atoms with Gasteiger partial charge in [-0.1, -0.05) is 0 Å². The molecule has 0 bridgehead atoms. The maximum absolute atomic E-state index is 12.0. The molecule has 3 heterocycles. The Morgan fingerprint density at radius 2 is 2.04 bits per heavy atom. The fourth-order valence-corrected chi connectivity index (χ4v) is 3.83. The third-order valence-corrected chi connectivity index (χ3v) is 5.41. The summed E-state index contributed by atoms with van der Waals surface area (Å²) in [5.74, 6) is 1.88. The van der Waals surface area contributed by atoms with Gasteiger partial charge >= 0.3 is 0 Å².